The third-order valence-corrected chi connectivity index (χ3v) is 4.51. The number of hydrogen-bond donors (Lipinski definition) is 1. The molecule has 0 aliphatic rings. The zero-order valence-electron chi connectivity index (χ0n) is 15.7. The largest absolute Gasteiger partial charge is 0.465 e. The van der Waals surface area contributed by atoms with Gasteiger partial charge in [-0.25, -0.2) is 4.79 Å². The number of carbonyl (C=O) groups is 1. The maximum atomic E-state index is 12.0. The van der Waals surface area contributed by atoms with E-state index in [0.717, 1.165) is 40.9 Å². The molecule has 1 N–H and O–H groups in total. The highest BCUT2D eigenvalue weighted by Crippen LogP contribution is 2.25. The van der Waals surface area contributed by atoms with Crippen LogP contribution in [0.1, 0.15) is 40.7 Å². The van der Waals surface area contributed by atoms with Gasteiger partial charge in [0.1, 0.15) is 0 Å². The first-order valence-electron chi connectivity index (χ1n) is 9.09. The second kappa shape index (κ2) is 8.64. The molecule has 27 heavy (non-hydrogen) atoms. The van der Waals surface area contributed by atoms with Crippen LogP contribution in [0, 0.1) is 0 Å². The Hall–Kier alpha value is -2.92. The maximum absolute atomic E-state index is 12.0. The molecule has 0 aliphatic heterocycles. The van der Waals surface area contributed by atoms with Gasteiger partial charge in [-0.1, -0.05) is 55.8 Å². The molecule has 0 bridgehead atoms. The van der Waals surface area contributed by atoms with Crippen molar-refractivity contribution in [3.05, 3.63) is 77.1 Å². The average molecular weight is 364 g/mol. The minimum Gasteiger partial charge on any atom is -0.465 e. The second-order valence-electron chi connectivity index (χ2n) is 6.43. The smallest absolute Gasteiger partial charge is 0.338 e. The quantitative estimate of drug-likeness (QED) is 0.647. The van der Waals surface area contributed by atoms with E-state index in [9.17, 15) is 9.90 Å². The number of aromatic nitrogens is 2. The Labute approximate surface area is 159 Å². The predicted octanol–water partition coefficient (Wildman–Crippen LogP) is 3.83. The highest BCUT2D eigenvalue weighted by molar-refractivity contribution is 5.97. The Kier molecular flexibility index (Phi) is 6.04. The van der Waals surface area contributed by atoms with Crippen LogP contribution in [0.15, 0.2) is 54.6 Å². The molecule has 1 heterocycles. The summed E-state index contributed by atoms with van der Waals surface area (Å²) in [5.74, 6) is -0.345. The van der Waals surface area contributed by atoms with Gasteiger partial charge in [0.15, 0.2) is 0 Å². The number of aryl methyl sites for hydroxylation is 1. The number of hydrogen-bond acceptors (Lipinski definition) is 4. The summed E-state index contributed by atoms with van der Waals surface area (Å²) in [6.45, 7) is 2.68. The number of esters is 1. The van der Waals surface area contributed by atoms with Crippen LogP contribution >= 0.6 is 0 Å². The van der Waals surface area contributed by atoms with Gasteiger partial charge in [0.05, 0.1) is 37.2 Å². The van der Waals surface area contributed by atoms with Crippen molar-refractivity contribution in [3.63, 3.8) is 0 Å². The summed E-state index contributed by atoms with van der Waals surface area (Å²) < 4.78 is 6.72. The molecule has 0 saturated carbocycles. The molecule has 2 aromatic carbocycles. The number of carbonyl (C=O) groups excluding carboxylic acids is 1. The molecule has 0 spiro atoms. The Bertz CT molecular complexity index is 914. The van der Waals surface area contributed by atoms with Gasteiger partial charge in [0, 0.05) is 0 Å². The van der Waals surface area contributed by atoms with Crippen LogP contribution in [0.25, 0.3) is 11.1 Å². The number of rotatable bonds is 7. The molecule has 5 nitrogen and oxygen atoms in total. The first-order valence-corrected chi connectivity index (χ1v) is 9.09. The molecule has 140 valence electrons. The summed E-state index contributed by atoms with van der Waals surface area (Å²) in [6, 6.07) is 17.4. The topological polar surface area (TPSA) is 64.4 Å². The van der Waals surface area contributed by atoms with Gasteiger partial charge >= 0.3 is 5.97 Å². The van der Waals surface area contributed by atoms with Crippen LogP contribution in [0.5, 0.6) is 0 Å². The highest BCUT2D eigenvalue weighted by atomic mass is 16.5. The van der Waals surface area contributed by atoms with Gasteiger partial charge in [-0.3, -0.25) is 4.68 Å². The molecular formula is C22H24N2O3. The lowest BCUT2D eigenvalue weighted by molar-refractivity contribution is 0.0601. The van der Waals surface area contributed by atoms with E-state index in [-0.39, 0.29) is 12.6 Å². The molecule has 0 fully saturated rings. The predicted molar refractivity (Wildman–Crippen MR) is 104 cm³/mol. The fourth-order valence-corrected chi connectivity index (χ4v) is 3.14. The van der Waals surface area contributed by atoms with E-state index in [0.29, 0.717) is 12.1 Å². The number of aliphatic hydroxyl groups is 1. The maximum Gasteiger partial charge on any atom is 0.338 e. The van der Waals surface area contributed by atoms with Crippen molar-refractivity contribution >= 4 is 5.97 Å². The van der Waals surface area contributed by atoms with Gasteiger partial charge in [-0.2, -0.15) is 5.10 Å². The van der Waals surface area contributed by atoms with Crippen LogP contribution in [0.2, 0.25) is 0 Å². The van der Waals surface area contributed by atoms with E-state index < -0.39 is 0 Å². The third-order valence-electron chi connectivity index (χ3n) is 4.51. The summed E-state index contributed by atoms with van der Waals surface area (Å²) in [7, 11) is 1.39. The lowest BCUT2D eigenvalue weighted by Gasteiger charge is -2.10. The van der Waals surface area contributed by atoms with Crippen molar-refractivity contribution in [2.75, 3.05) is 7.11 Å². The van der Waals surface area contributed by atoms with E-state index in [4.69, 9.17) is 4.74 Å². The van der Waals surface area contributed by atoms with Crippen LogP contribution < -0.4 is 0 Å². The monoisotopic (exact) mass is 364 g/mol. The number of benzene rings is 2. The molecule has 0 radical (unpaired) electrons. The van der Waals surface area contributed by atoms with Crippen molar-refractivity contribution in [1.82, 2.24) is 9.78 Å². The molecule has 1 aromatic heterocycles. The Balaban J connectivity index is 1.84. The molecule has 0 atom stereocenters. The number of ether oxygens (including phenoxy) is 1. The molecule has 0 saturated heterocycles. The van der Waals surface area contributed by atoms with E-state index in [1.54, 1.807) is 6.07 Å². The van der Waals surface area contributed by atoms with Crippen LogP contribution in [0.4, 0.5) is 0 Å². The minimum atomic E-state index is -0.345. The highest BCUT2D eigenvalue weighted by Gasteiger charge is 2.13. The molecule has 3 aromatic rings. The standard InChI is InChI=1S/C22H24N2O3/c1-3-6-18-13-19(15-25)24(23-18)14-16-9-11-17(12-10-16)20-7-4-5-8-21(20)22(26)27-2/h4-5,7-13,25H,3,6,14-15H2,1-2H3. The summed E-state index contributed by atoms with van der Waals surface area (Å²) in [5, 5.41) is 14.2. The van der Waals surface area contributed by atoms with Crippen LogP contribution in [-0.4, -0.2) is 28.0 Å². The zero-order valence-corrected chi connectivity index (χ0v) is 15.7. The second-order valence-corrected chi connectivity index (χ2v) is 6.43. The van der Waals surface area contributed by atoms with Crippen molar-refractivity contribution in [2.45, 2.75) is 32.9 Å². The minimum absolute atomic E-state index is 0.0265. The van der Waals surface area contributed by atoms with Crippen molar-refractivity contribution in [1.29, 1.82) is 0 Å². The van der Waals surface area contributed by atoms with Gasteiger partial charge in [-0.15, -0.1) is 0 Å². The number of aliphatic hydroxyl groups excluding tert-OH is 1. The van der Waals surface area contributed by atoms with Gasteiger partial charge in [0.25, 0.3) is 0 Å². The third kappa shape index (κ3) is 4.26. The fourth-order valence-electron chi connectivity index (χ4n) is 3.14. The Morgan fingerprint density at radius 1 is 1.15 bits per heavy atom. The summed E-state index contributed by atoms with van der Waals surface area (Å²) in [5.41, 5.74) is 5.25. The SMILES string of the molecule is CCCc1cc(CO)n(Cc2ccc(-c3ccccc3C(=O)OC)cc2)n1. The van der Waals surface area contributed by atoms with Gasteiger partial charge in [-0.05, 0) is 35.2 Å². The summed E-state index contributed by atoms with van der Waals surface area (Å²) in [4.78, 5) is 12.0. The summed E-state index contributed by atoms with van der Waals surface area (Å²) >= 11 is 0. The number of methoxy groups -OCH3 is 1. The lowest BCUT2D eigenvalue weighted by atomic mass is 9.99. The van der Waals surface area contributed by atoms with Crippen LogP contribution in [0.3, 0.4) is 0 Å². The lowest BCUT2D eigenvalue weighted by Crippen LogP contribution is -2.07. The molecule has 3 rings (SSSR count). The van der Waals surface area contributed by atoms with Crippen molar-refractivity contribution in [2.24, 2.45) is 0 Å². The normalized spacial score (nSPS) is 10.8. The molecule has 0 unspecified atom stereocenters. The zero-order chi connectivity index (χ0) is 19.2. The molecule has 5 heteroatoms. The van der Waals surface area contributed by atoms with E-state index in [1.807, 2.05) is 53.2 Å². The molecule has 0 amide bonds. The Morgan fingerprint density at radius 3 is 2.56 bits per heavy atom. The van der Waals surface area contributed by atoms with E-state index >= 15 is 0 Å². The summed E-state index contributed by atoms with van der Waals surface area (Å²) in [6.07, 6.45) is 1.93. The van der Waals surface area contributed by atoms with Crippen LogP contribution in [-0.2, 0) is 24.3 Å². The first kappa shape index (κ1) is 18.9. The Morgan fingerprint density at radius 2 is 1.89 bits per heavy atom. The van der Waals surface area contributed by atoms with Crippen molar-refractivity contribution in [3.8, 4) is 11.1 Å². The fraction of sp³-hybridized carbons (Fsp3) is 0.273. The van der Waals surface area contributed by atoms with Crippen molar-refractivity contribution < 1.29 is 14.6 Å². The van der Waals surface area contributed by atoms with E-state index in [2.05, 4.69) is 12.0 Å². The average Bonchev–Trinajstić information content (AvgIpc) is 3.09. The van der Waals surface area contributed by atoms with Gasteiger partial charge < -0.3 is 9.84 Å². The van der Waals surface area contributed by atoms with Gasteiger partial charge in [0.2, 0.25) is 0 Å². The first-order chi connectivity index (χ1) is 13.2. The molecular weight excluding hydrogens is 340 g/mol. The number of nitrogens with zero attached hydrogens (tertiary/aromatic N) is 2. The molecule has 0 aliphatic carbocycles. The van der Waals surface area contributed by atoms with E-state index in [1.165, 1.54) is 7.11 Å².